The zero-order valence-electron chi connectivity index (χ0n) is 11.1. The van der Waals surface area contributed by atoms with Gasteiger partial charge >= 0.3 is 0 Å². The highest BCUT2D eigenvalue weighted by atomic mass is 32.2. The number of nitrogens with zero attached hydrogens (tertiary/aromatic N) is 3. The highest BCUT2D eigenvalue weighted by Crippen LogP contribution is 2.33. The number of hydrogen-bond acceptors (Lipinski definition) is 4. The molecule has 5 heteroatoms. The third kappa shape index (κ3) is 2.12. The van der Waals surface area contributed by atoms with Crippen molar-refractivity contribution in [3.8, 4) is 0 Å². The smallest absolute Gasteiger partial charge is 0.150 e. The first-order valence-electron chi connectivity index (χ1n) is 6.25. The summed E-state index contributed by atoms with van der Waals surface area (Å²) in [4.78, 5) is 2.41. The van der Waals surface area contributed by atoms with E-state index in [4.69, 9.17) is 5.73 Å². The maximum Gasteiger partial charge on any atom is 0.150 e. The molecule has 2 rings (SSSR count). The Hall–Kier alpha value is -0.840. The van der Waals surface area contributed by atoms with E-state index < -0.39 is 0 Å². The van der Waals surface area contributed by atoms with Gasteiger partial charge in [0.15, 0.2) is 5.82 Å². The number of thioether (sulfide) groups is 1. The van der Waals surface area contributed by atoms with E-state index in [9.17, 15) is 0 Å². The van der Waals surface area contributed by atoms with Crippen molar-refractivity contribution in [2.24, 2.45) is 7.05 Å². The Balaban J connectivity index is 2.36. The lowest BCUT2D eigenvalue weighted by Gasteiger charge is -2.39. The molecule has 0 amide bonds. The zero-order valence-corrected chi connectivity index (χ0v) is 11.9. The van der Waals surface area contributed by atoms with Crippen molar-refractivity contribution in [1.82, 2.24) is 9.78 Å². The molecule has 96 valence electrons. The molecule has 2 atom stereocenters. The van der Waals surface area contributed by atoms with Crippen molar-refractivity contribution < 1.29 is 0 Å². The number of hydrogen-bond donors (Lipinski definition) is 1. The van der Waals surface area contributed by atoms with E-state index in [1.54, 1.807) is 0 Å². The fourth-order valence-corrected chi connectivity index (χ4v) is 3.52. The lowest BCUT2D eigenvalue weighted by atomic mass is 10.2. The van der Waals surface area contributed by atoms with Gasteiger partial charge in [0.05, 0.1) is 11.4 Å². The Morgan fingerprint density at radius 3 is 2.76 bits per heavy atom. The van der Waals surface area contributed by atoms with E-state index in [0.717, 1.165) is 35.9 Å². The summed E-state index contributed by atoms with van der Waals surface area (Å²) in [6, 6.07) is 0.510. The second kappa shape index (κ2) is 4.80. The molecule has 0 bridgehead atoms. The van der Waals surface area contributed by atoms with Crippen molar-refractivity contribution >= 4 is 23.3 Å². The van der Waals surface area contributed by atoms with Crippen LogP contribution in [0.1, 0.15) is 26.5 Å². The van der Waals surface area contributed by atoms with Gasteiger partial charge in [-0.15, -0.1) is 0 Å². The number of aromatic nitrogens is 2. The van der Waals surface area contributed by atoms with Gasteiger partial charge in [0.25, 0.3) is 0 Å². The van der Waals surface area contributed by atoms with Crippen LogP contribution in [-0.4, -0.2) is 33.4 Å². The van der Waals surface area contributed by atoms with Gasteiger partial charge in [0.2, 0.25) is 0 Å². The normalized spacial score (nSPS) is 25.3. The first-order chi connectivity index (χ1) is 8.06. The summed E-state index contributed by atoms with van der Waals surface area (Å²) >= 11 is 2.04. The third-order valence-corrected chi connectivity index (χ3v) is 4.96. The molecule has 1 aromatic rings. The van der Waals surface area contributed by atoms with Gasteiger partial charge < -0.3 is 10.6 Å². The largest absolute Gasteiger partial charge is 0.394 e. The standard InChI is InChI=1S/C12H22N4S/c1-5-10-11(13)12(15(4)14-10)16-6-7-17-9(3)8(16)2/h8-9H,5-7,13H2,1-4H3. The number of nitrogen functional groups attached to an aromatic ring is 1. The number of anilines is 2. The molecule has 2 heterocycles. The van der Waals surface area contributed by atoms with Crippen LogP contribution in [-0.2, 0) is 13.5 Å². The van der Waals surface area contributed by atoms with Crippen LogP contribution in [0.5, 0.6) is 0 Å². The minimum atomic E-state index is 0.510. The van der Waals surface area contributed by atoms with Crippen LogP contribution in [0.25, 0.3) is 0 Å². The predicted molar refractivity (Wildman–Crippen MR) is 75.7 cm³/mol. The summed E-state index contributed by atoms with van der Waals surface area (Å²) in [5, 5.41) is 5.15. The molecule has 1 fully saturated rings. The van der Waals surface area contributed by atoms with Gasteiger partial charge in [0, 0.05) is 30.6 Å². The van der Waals surface area contributed by atoms with Crippen molar-refractivity contribution in [3.63, 3.8) is 0 Å². The van der Waals surface area contributed by atoms with Crippen LogP contribution in [0.15, 0.2) is 0 Å². The first kappa shape index (κ1) is 12.6. The van der Waals surface area contributed by atoms with E-state index in [1.165, 1.54) is 0 Å². The highest BCUT2D eigenvalue weighted by Gasteiger charge is 2.29. The minimum Gasteiger partial charge on any atom is -0.394 e. The fraction of sp³-hybridized carbons (Fsp3) is 0.750. The zero-order chi connectivity index (χ0) is 12.6. The Bertz CT molecular complexity index is 401. The molecule has 1 saturated heterocycles. The second-order valence-electron chi connectivity index (χ2n) is 4.67. The SMILES string of the molecule is CCc1nn(C)c(N2CCSC(C)C2C)c1N. The van der Waals surface area contributed by atoms with Crippen LogP contribution >= 0.6 is 11.8 Å². The molecule has 17 heavy (non-hydrogen) atoms. The van der Waals surface area contributed by atoms with Gasteiger partial charge in [0.1, 0.15) is 0 Å². The van der Waals surface area contributed by atoms with Crippen molar-refractivity contribution in [2.45, 2.75) is 38.5 Å². The lowest BCUT2D eigenvalue weighted by Crippen LogP contribution is -2.45. The van der Waals surface area contributed by atoms with Crippen LogP contribution in [0, 0.1) is 0 Å². The monoisotopic (exact) mass is 254 g/mol. The summed E-state index contributed by atoms with van der Waals surface area (Å²) in [6.45, 7) is 7.72. The summed E-state index contributed by atoms with van der Waals surface area (Å²) in [5.74, 6) is 2.26. The molecule has 4 nitrogen and oxygen atoms in total. The van der Waals surface area contributed by atoms with Crippen molar-refractivity contribution in [1.29, 1.82) is 0 Å². The van der Waals surface area contributed by atoms with Gasteiger partial charge in [-0.05, 0) is 13.3 Å². The van der Waals surface area contributed by atoms with Crippen LogP contribution in [0.4, 0.5) is 11.5 Å². The van der Waals surface area contributed by atoms with Crippen LogP contribution < -0.4 is 10.6 Å². The minimum absolute atomic E-state index is 0.510. The Kier molecular flexibility index (Phi) is 3.56. The topological polar surface area (TPSA) is 47.1 Å². The Morgan fingerprint density at radius 1 is 1.47 bits per heavy atom. The van der Waals surface area contributed by atoms with E-state index in [1.807, 2.05) is 23.5 Å². The van der Waals surface area contributed by atoms with Gasteiger partial charge in [-0.2, -0.15) is 16.9 Å². The molecule has 1 aromatic heterocycles. The number of aryl methyl sites for hydroxylation is 2. The number of rotatable bonds is 2. The van der Waals surface area contributed by atoms with Gasteiger partial charge in [-0.25, -0.2) is 0 Å². The quantitative estimate of drug-likeness (QED) is 0.875. The molecule has 1 aliphatic rings. The molecule has 0 aromatic carbocycles. The summed E-state index contributed by atoms with van der Waals surface area (Å²) < 4.78 is 1.94. The van der Waals surface area contributed by atoms with E-state index >= 15 is 0 Å². The molecule has 2 N–H and O–H groups in total. The fourth-order valence-electron chi connectivity index (χ4n) is 2.42. The Morgan fingerprint density at radius 2 is 2.18 bits per heavy atom. The van der Waals surface area contributed by atoms with E-state index in [0.29, 0.717) is 11.3 Å². The molecule has 2 unspecified atom stereocenters. The molecule has 0 aliphatic carbocycles. The van der Waals surface area contributed by atoms with Gasteiger partial charge in [-0.3, -0.25) is 4.68 Å². The maximum absolute atomic E-state index is 6.22. The van der Waals surface area contributed by atoms with Crippen molar-refractivity contribution in [2.75, 3.05) is 22.9 Å². The number of nitrogens with two attached hydrogens (primary N) is 1. The molecule has 0 radical (unpaired) electrons. The highest BCUT2D eigenvalue weighted by molar-refractivity contribution is 8.00. The Labute approximate surface area is 108 Å². The second-order valence-corrected chi connectivity index (χ2v) is 6.16. The average molecular weight is 254 g/mol. The van der Waals surface area contributed by atoms with Gasteiger partial charge in [-0.1, -0.05) is 13.8 Å². The molecular weight excluding hydrogens is 232 g/mol. The molecule has 1 aliphatic heterocycles. The van der Waals surface area contributed by atoms with E-state index in [2.05, 4.69) is 30.8 Å². The summed E-state index contributed by atoms with van der Waals surface area (Å²) in [6.07, 6.45) is 0.895. The van der Waals surface area contributed by atoms with Crippen LogP contribution in [0.3, 0.4) is 0 Å². The lowest BCUT2D eigenvalue weighted by molar-refractivity contribution is 0.598. The predicted octanol–water partition coefficient (Wildman–Crippen LogP) is 1.89. The van der Waals surface area contributed by atoms with Crippen LogP contribution in [0.2, 0.25) is 0 Å². The average Bonchev–Trinajstić information content (AvgIpc) is 2.58. The first-order valence-corrected chi connectivity index (χ1v) is 7.30. The molecule has 0 saturated carbocycles. The van der Waals surface area contributed by atoms with E-state index in [-0.39, 0.29) is 0 Å². The molecule has 0 spiro atoms. The third-order valence-electron chi connectivity index (χ3n) is 3.62. The van der Waals surface area contributed by atoms with Crippen molar-refractivity contribution in [3.05, 3.63) is 5.69 Å². The summed E-state index contributed by atoms with van der Waals surface area (Å²) in [5.41, 5.74) is 8.10. The summed E-state index contributed by atoms with van der Waals surface area (Å²) in [7, 11) is 1.99. The molecular formula is C12H22N4S. The maximum atomic E-state index is 6.22.